The molecule has 9 heteroatoms. The molecule has 53 heavy (non-hydrogen) atoms. The summed E-state index contributed by atoms with van der Waals surface area (Å²) in [5.74, 6) is 2.58. The van der Waals surface area contributed by atoms with Crippen LogP contribution in [0.4, 0.5) is 4.39 Å². The maximum absolute atomic E-state index is 14.4. The summed E-state index contributed by atoms with van der Waals surface area (Å²) < 4.78 is 14.4. The summed E-state index contributed by atoms with van der Waals surface area (Å²) in [6.07, 6.45) is 19.3. The first kappa shape index (κ1) is 47.4. The van der Waals surface area contributed by atoms with Crippen LogP contribution in [0.2, 0.25) is 0 Å². The lowest BCUT2D eigenvalue weighted by Crippen LogP contribution is -2.34. The number of rotatable bonds is 20. The van der Waals surface area contributed by atoms with E-state index in [-0.39, 0.29) is 11.9 Å². The number of aliphatic imine (C=N–C) groups is 2. The van der Waals surface area contributed by atoms with Crippen molar-refractivity contribution in [1.82, 2.24) is 26.2 Å². The van der Waals surface area contributed by atoms with Crippen LogP contribution in [0.5, 0.6) is 0 Å². The topological polar surface area (TPSA) is 102 Å². The summed E-state index contributed by atoms with van der Waals surface area (Å²) in [5, 5.41) is 13.2. The molecule has 0 fully saturated rings. The molecule has 0 saturated heterocycles. The first-order chi connectivity index (χ1) is 25.4. The van der Waals surface area contributed by atoms with Crippen molar-refractivity contribution in [3.8, 4) is 12.3 Å². The molecule has 1 aliphatic carbocycles. The van der Waals surface area contributed by atoms with Crippen molar-refractivity contribution in [2.45, 2.75) is 65.6 Å². The van der Waals surface area contributed by atoms with Gasteiger partial charge in [-0.25, -0.2) is 9.38 Å². The van der Waals surface area contributed by atoms with Gasteiger partial charge in [0.25, 0.3) is 0 Å². The Hall–Kier alpha value is -5.59. The van der Waals surface area contributed by atoms with E-state index in [1.165, 1.54) is 13.1 Å². The zero-order valence-electron chi connectivity index (χ0n) is 33.0. The summed E-state index contributed by atoms with van der Waals surface area (Å²) in [4.78, 5) is 10.8. The number of hydrogen-bond donors (Lipinski definition) is 5. The normalized spacial score (nSPS) is 13.4. The molecular weight excluding hydrogens is 660 g/mol. The van der Waals surface area contributed by atoms with Crippen LogP contribution in [0.25, 0.3) is 0 Å². The van der Waals surface area contributed by atoms with Crippen LogP contribution in [0.15, 0.2) is 150 Å². The van der Waals surface area contributed by atoms with Crippen molar-refractivity contribution in [2.75, 3.05) is 27.7 Å². The average Bonchev–Trinajstić information content (AvgIpc) is 3.14. The van der Waals surface area contributed by atoms with Crippen LogP contribution in [0.3, 0.4) is 0 Å². The van der Waals surface area contributed by atoms with Gasteiger partial charge in [0, 0.05) is 62.8 Å². The highest BCUT2D eigenvalue weighted by atomic mass is 19.1. The minimum absolute atomic E-state index is 0.107. The van der Waals surface area contributed by atoms with Gasteiger partial charge in [-0.05, 0) is 74.7 Å². The van der Waals surface area contributed by atoms with Crippen molar-refractivity contribution in [1.29, 1.82) is 0 Å². The van der Waals surface area contributed by atoms with Gasteiger partial charge in [-0.15, -0.1) is 18.9 Å². The van der Waals surface area contributed by atoms with Gasteiger partial charge in [-0.2, -0.15) is 0 Å². The molecule has 8 nitrogen and oxygen atoms in total. The van der Waals surface area contributed by atoms with E-state index < -0.39 is 0 Å². The Kier molecular flexibility index (Phi) is 24.3. The number of likely N-dealkylation sites (N-methyl/N-ethyl adjacent to an activating group) is 2. The Balaban J connectivity index is 0.00000361. The highest BCUT2D eigenvalue weighted by Gasteiger charge is 2.21. The second kappa shape index (κ2) is 27.1. The molecule has 1 atom stereocenters. The summed E-state index contributed by atoms with van der Waals surface area (Å²) in [6, 6.07) is 5.23. The molecule has 286 valence electrons. The quantitative estimate of drug-likeness (QED) is 0.0404. The van der Waals surface area contributed by atoms with Gasteiger partial charge in [0.1, 0.15) is 11.6 Å². The predicted molar refractivity (Wildman–Crippen MR) is 229 cm³/mol. The van der Waals surface area contributed by atoms with Crippen LogP contribution < -0.4 is 27.0 Å². The number of halogens is 1. The molecule has 0 bridgehead atoms. The van der Waals surface area contributed by atoms with Crippen LogP contribution in [-0.4, -0.2) is 50.6 Å². The second-order valence-electron chi connectivity index (χ2n) is 11.7. The van der Waals surface area contributed by atoms with E-state index in [0.717, 1.165) is 65.2 Å². The molecule has 0 saturated carbocycles. The summed E-state index contributed by atoms with van der Waals surface area (Å²) in [7, 11) is 5.24. The van der Waals surface area contributed by atoms with Gasteiger partial charge in [0.15, 0.2) is 0 Å². The summed E-state index contributed by atoms with van der Waals surface area (Å²) >= 11 is 0. The molecule has 3 rings (SSSR count). The lowest BCUT2D eigenvalue weighted by molar-refractivity contribution is 0.480. The van der Waals surface area contributed by atoms with Crippen LogP contribution in [0, 0.1) is 18.2 Å². The fraction of sp³-hybridized carbons (Fsp3) is 0.318. The molecule has 1 aromatic carbocycles. The maximum Gasteiger partial charge on any atom is 0.128 e. The molecule has 0 amide bonds. The fourth-order valence-corrected chi connectivity index (χ4v) is 4.71. The monoisotopic (exact) mass is 723 g/mol. The third-order valence-electron chi connectivity index (χ3n) is 7.61. The molecule has 0 aromatic heterocycles. The van der Waals surface area contributed by atoms with Gasteiger partial charge in [0.05, 0.1) is 29.3 Å². The lowest BCUT2D eigenvalue weighted by atomic mass is 10.00. The average molecular weight is 723 g/mol. The third kappa shape index (κ3) is 17.9. The van der Waals surface area contributed by atoms with Crippen molar-refractivity contribution in [3.05, 3.63) is 157 Å². The minimum atomic E-state index is -0.240. The maximum atomic E-state index is 14.4. The predicted octanol–water partition coefficient (Wildman–Crippen LogP) is 8.09. The van der Waals surface area contributed by atoms with E-state index in [2.05, 4.69) is 95.4 Å². The molecule has 0 spiro atoms. The number of nitrogens with two attached hydrogens (primary N) is 1. The fourth-order valence-electron chi connectivity index (χ4n) is 4.71. The van der Waals surface area contributed by atoms with Gasteiger partial charge in [0.2, 0.25) is 0 Å². The molecule has 0 radical (unpaired) electrons. The van der Waals surface area contributed by atoms with E-state index in [1.807, 2.05) is 69.3 Å². The largest absolute Gasteiger partial charge is 0.390 e. The van der Waals surface area contributed by atoms with Gasteiger partial charge in [-0.3, -0.25) is 4.99 Å². The Labute approximate surface area is 320 Å². The number of hydrogen-bond acceptors (Lipinski definition) is 8. The standard InChI is InChI=1S/C38H48FN7.C3H4.C2H6.CH5N/c1-10-12-34(16-14-26(2)13-11-18-41-23-28(4)40-8)44-30(6)38-22-37(45-31(7)46(38)9)29(5)42-24-32-15-17-36(39)33(21-32)25-43-35-19-27(3)20-35;1-3-2;2*1-2/h10-11,13,15,17-19,21-22,34,40,42-44H,1-7,12,14,16,20,23-25H2,8-9H3;1H,2H3;1-2H3;2H2,1H3/b13-11+,41-18?;;;. The lowest BCUT2D eigenvalue weighted by Gasteiger charge is -2.31. The van der Waals surface area contributed by atoms with Crippen LogP contribution in [-0.2, 0) is 13.1 Å². The number of nitrogens with one attached hydrogen (secondary N) is 4. The number of nitrogens with zero attached hydrogens (tertiary/aromatic N) is 3. The first-order valence-corrected chi connectivity index (χ1v) is 17.7. The van der Waals surface area contributed by atoms with E-state index in [0.29, 0.717) is 42.4 Å². The Bertz CT molecular complexity index is 1630. The van der Waals surface area contributed by atoms with Crippen LogP contribution in [0.1, 0.15) is 57.6 Å². The zero-order valence-corrected chi connectivity index (χ0v) is 33.0. The first-order valence-electron chi connectivity index (χ1n) is 17.7. The summed E-state index contributed by atoms with van der Waals surface area (Å²) in [5.41, 5.74) is 12.9. The molecule has 2 aliphatic rings. The van der Waals surface area contributed by atoms with Crippen molar-refractivity contribution < 1.29 is 4.39 Å². The highest BCUT2D eigenvalue weighted by Crippen LogP contribution is 2.24. The van der Waals surface area contributed by atoms with Crippen molar-refractivity contribution >= 4 is 11.9 Å². The number of benzene rings is 1. The SMILES string of the molecule is C#CC.C=CCC(CCC(=C)/C=C/C=NCC(=C)NC)NC(=C)C1=CC(C(=C)NCc2ccc(F)c(CNC3=CC(=C)C3)c2)=NC(=C)N1C.CC.CN. The second-order valence-corrected chi connectivity index (χ2v) is 11.7. The molecule has 1 heterocycles. The Morgan fingerprint density at radius 1 is 1.13 bits per heavy atom. The van der Waals surface area contributed by atoms with E-state index in [9.17, 15) is 4.39 Å². The summed E-state index contributed by atoms with van der Waals surface area (Å²) in [6.45, 7) is 35.6. The molecule has 6 N–H and O–H groups in total. The highest BCUT2D eigenvalue weighted by molar-refractivity contribution is 6.09. The Morgan fingerprint density at radius 3 is 2.40 bits per heavy atom. The van der Waals surface area contributed by atoms with Crippen LogP contribution >= 0.6 is 0 Å². The van der Waals surface area contributed by atoms with Crippen molar-refractivity contribution in [2.24, 2.45) is 15.7 Å². The van der Waals surface area contributed by atoms with Gasteiger partial charge < -0.3 is 31.9 Å². The van der Waals surface area contributed by atoms with E-state index >= 15 is 0 Å². The third-order valence-corrected chi connectivity index (χ3v) is 7.61. The van der Waals surface area contributed by atoms with Gasteiger partial charge in [-0.1, -0.05) is 77.1 Å². The van der Waals surface area contributed by atoms with Crippen molar-refractivity contribution in [3.63, 3.8) is 0 Å². The molecule has 1 aromatic rings. The number of terminal acetylenes is 1. The molecular formula is C44H63FN8. The smallest absolute Gasteiger partial charge is 0.128 e. The van der Waals surface area contributed by atoms with E-state index in [4.69, 9.17) is 0 Å². The zero-order chi connectivity index (χ0) is 40.3. The van der Waals surface area contributed by atoms with E-state index in [1.54, 1.807) is 19.2 Å². The number of allylic oxidation sites excluding steroid dienone is 6. The molecule has 1 aliphatic heterocycles. The van der Waals surface area contributed by atoms with Gasteiger partial charge >= 0.3 is 0 Å². The minimum Gasteiger partial charge on any atom is -0.390 e. The Morgan fingerprint density at radius 2 is 1.79 bits per heavy atom. The molecule has 1 unspecified atom stereocenters.